The minimum atomic E-state index is -0.580. The minimum absolute atomic E-state index is 0.0675. The lowest BCUT2D eigenvalue weighted by molar-refractivity contribution is -0.116. The highest BCUT2D eigenvalue weighted by molar-refractivity contribution is 6.37. The molecule has 1 saturated carbocycles. The number of ketones is 1. The molecule has 3 heterocycles. The van der Waals surface area contributed by atoms with Gasteiger partial charge in [0.25, 0.3) is 5.91 Å². The molecule has 0 spiro atoms. The smallest absolute Gasteiger partial charge is 0.300 e. The largest absolute Gasteiger partial charge is 0.348 e. The molecule has 1 aliphatic carbocycles. The second kappa shape index (κ2) is 7.85. The number of pyridine rings is 1. The van der Waals surface area contributed by atoms with Crippen LogP contribution < -0.4 is 5.32 Å². The third-order valence-corrected chi connectivity index (χ3v) is 4.86. The summed E-state index contributed by atoms with van der Waals surface area (Å²) >= 11 is 0. The Morgan fingerprint density at radius 3 is 2.75 bits per heavy atom. The number of hydrogen-bond acceptors (Lipinski definition) is 6. The van der Waals surface area contributed by atoms with Crippen LogP contribution in [0.25, 0.3) is 5.57 Å². The molecule has 0 radical (unpaired) electrons. The maximum absolute atomic E-state index is 12.2. The molecule has 28 heavy (non-hydrogen) atoms. The van der Waals surface area contributed by atoms with E-state index in [0.717, 1.165) is 24.1 Å². The van der Waals surface area contributed by atoms with Gasteiger partial charge in [0.2, 0.25) is 5.78 Å². The Labute approximate surface area is 162 Å². The molecule has 0 aromatic carbocycles. The Morgan fingerprint density at radius 2 is 2.07 bits per heavy atom. The summed E-state index contributed by atoms with van der Waals surface area (Å²) in [6.45, 7) is 1.27. The molecule has 0 unspecified atom stereocenters. The lowest BCUT2D eigenvalue weighted by atomic mass is 10.0. The van der Waals surface area contributed by atoms with Crippen molar-refractivity contribution in [2.75, 3.05) is 19.6 Å². The summed E-state index contributed by atoms with van der Waals surface area (Å²) in [5.74, 6) is -1.18. The number of rotatable bonds is 6. The second-order valence-electron chi connectivity index (χ2n) is 7.07. The zero-order valence-electron chi connectivity index (χ0n) is 15.4. The molecular weight excluding hydrogens is 358 g/mol. The summed E-state index contributed by atoms with van der Waals surface area (Å²) in [7, 11) is 0. The summed E-state index contributed by atoms with van der Waals surface area (Å²) in [5.41, 5.74) is 2.25. The van der Waals surface area contributed by atoms with Gasteiger partial charge in [0.15, 0.2) is 0 Å². The highest BCUT2D eigenvalue weighted by atomic mass is 16.2. The average molecular weight is 379 g/mol. The van der Waals surface area contributed by atoms with Crippen molar-refractivity contribution < 1.29 is 14.4 Å². The van der Waals surface area contributed by atoms with Crippen molar-refractivity contribution in [1.29, 1.82) is 0 Å². The Balaban J connectivity index is 1.36. The van der Waals surface area contributed by atoms with Crippen LogP contribution >= 0.6 is 0 Å². The minimum Gasteiger partial charge on any atom is -0.348 e. The topological polar surface area (TPSA) is 97.2 Å². The van der Waals surface area contributed by atoms with Crippen LogP contribution in [0.1, 0.15) is 40.2 Å². The molecule has 1 aliphatic heterocycles. The van der Waals surface area contributed by atoms with Gasteiger partial charge in [-0.25, -0.2) is 9.97 Å². The average Bonchev–Trinajstić information content (AvgIpc) is 3.36. The van der Waals surface area contributed by atoms with E-state index in [1.54, 1.807) is 6.07 Å². The molecule has 0 saturated heterocycles. The zero-order chi connectivity index (χ0) is 19.5. The van der Waals surface area contributed by atoms with Crippen molar-refractivity contribution in [3.05, 3.63) is 54.4 Å². The van der Waals surface area contributed by atoms with E-state index in [1.807, 2.05) is 23.1 Å². The van der Waals surface area contributed by atoms with E-state index in [4.69, 9.17) is 0 Å². The van der Waals surface area contributed by atoms with E-state index in [-0.39, 0.29) is 12.5 Å². The Morgan fingerprint density at radius 1 is 1.21 bits per heavy atom. The van der Waals surface area contributed by atoms with Crippen LogP contribution in [0.15, 0.2) is 43.0 Å². The summed E-state index contributed by atoms with van der Waals surface area (Å²) in [5, 5.41) is 2.95. The lowest BCUT2D eigenvalue weighted by Gasteiger charge is -2.25. The first kappa shape index (κ1) is 18.2. The highest BCUT2D eigenvalue weighted by Gasteiger charge is 2.25. The van der Waals surface area contributed by atoms with Crippen LogP contribution in [0.2, 0.25) is 0 Å². The van der Waals surface area contributed by atoms with Crippen molar-refractivity contribution in [2.24, 2.45) is 0 Å². The Hall–Kier alpha value is -3.13. The number of aromatic nitrogens is 3. The molecule has 2 aliphatic rings. The molecule has 1 amide bonds. The summed E-state index contributed by atoms with van der Waals surface area (Å²) < 4.78 is 1.19. The number of amides is 1. The van der Waals surface area contributed by atoms with Crippen LogP contribution in [0.5, 0.6) is 0 Å². The van der Waals surface area contributed by atoms with E-state index < -0.39 is 11.7 Å². The summed E-state index contributed by atoms with van der Waals surface area (Å²) in [6.07, 6.45) is 9.03. The van der Waals surface area contributed by atoms with E-state index in [9.17, 15) is 14.4 Å². The number of Topliss-reactive ketones (excluding diaryl/α,β-unsaturated/α-hetero) is 1. The number of hydrogen-bond donors (Lipinski definition) is 1. The fraction of sp³-hybridized carbons (Fsp3) is 0.350. The van der Waals surface area contributed by atoms with Gasteiger partial charge in [-0.15, -0.1) is 0 Å². The molecule has 8 heteroatoms. The molecule has 0 bridgehead atoms. The molecule has 4 rings (SSSR count). The Bertz CT molecular complexity index is 931. The standard InChI is InChI=1S/C20H21N5O3/c26-18(20(28)25-11-8-21-13-25)12-24-9-6-14(7-10-24)16-2-1-3-17(23-16)19(27)22-15-4-5-15/h1-3,6,8,11,13,15H,4-5,7,9-10,12H2,(H,22,27). The zero-order valence-corrected chi connectivity index (χ0v) is 15.4. The van der Waals surface area contributed by atoms with E-state index in [1.165, 1.54) is 23.3 Å². The number of imidazole rings is 1. The van der Waals surface area contributed by atoms with Gasteiger partial charge in [0.05, 0.1) is 12.2 Å². The molecular formula is C20H21N5O3. The quantitative estimate of drug-likeness (QED) is 0.757. The SMILES string of the molecule is O=C(CN1CC=C(c2cccc(C(=O)NC3CC3)n2)CC1)C(=O)n1ccnc1. The number of nitrogens with zero attached hydrogens (tertiary/aromatic N) is 4. The fourth-order valence-electron chi connectivity index (χ4n) is 3.11. The third-order valence-electron chi connectivity index (χ3n) is 4.86. The second-order valence-corrected chi connectivity index (χ2v) is 7.07. The van der Waals surface area contributed by atoms with Crippen LogP contribution in [-0.4, -0.2) is 62.7 Å². The monoisotopic (exact) mass is 379 g/mol. The number of carbonyl (C=O) groups is 3. The first-order chi connectivity index (χ1) is 13.6. The van der Waals surface area contributed by atoms with Crippen LogP contribution in [0, 0.1) is 0 Å². The summed E-state index contributed by atoms with van der Waals surface area (Å²) in [6, 6.07) is 5.74. The van der Waals surface area contributed by atoms with Gasteiger partial charge in [-0.1, -0.05) is 12.1 Å². The summed E-state index contributed by atoms with van der Waals surface area (Å²) in [4.78, 5) is 46.6. The van der Waals surface area contributed by atoms with Crippen LogP contribution in [0.3, 0.4) is 0 Å². The normalized spacial score (nSPS) is 17.1. The van der Waals surface area contributed by atoms with Gasteiger partial charge in [-0.3, -0.25) is 23.9 Å². The van der Waals surface area contributed by atoms with Crippen LogP contribution in [-0.2, 0) is 4.79 Å². The molecule has 1 N–H and O–H groups in total. The fourth-order valence-corrected chi connectivity index (χ4v) is 3.11. The van der Waals surface area contributed by atoms with Crippen molar-refractivity contribution in [2.45, 2.75) is 25.3 Å². The van der Waals surface area contributed by atoms with Gasteiger partial charge in [-0.05, 0) is 37.0 Å². The van der Waals surface area contributed by atoms with Gasteiger partial charge in [-0.2, -0.15) is 0 Å². The number of carbonyl (C=O) groups excluding carboxylic acids is 3. The maximum atomic E-state index is 12.2. The van der Waals surface area contributed by atoms with Gasteiger partial charge < -0.3 is 5.32 Å². The van der Waals surface area contributed by atoms with Gasteiger partial charge in [0, 0.05) is 31.5 Å². The van der Waals surface area contributed by atoms with Gasteiger partial charge in [0.1, 0.15) is 12.0 Å². The molecule has 1 fully saturated rings. The van der Waals surface area contributed by atoms with Crippen molar-refractivity contribution >= 4 is 23.2 Å². The van der Waals surface area contributed by atoms with E-state index in [2.05, 4.69) is 15.3 Å². The van der Waals surface area contributed by atoms with E-state index in [0.29, 0.717) is 31.2 Å². The van der Waals surface area contributed by atoms with Crippen molar-refractivity contribution in [3.8, 4) is 0 Å². The molecule has 2 aromatic heterocycles. The van der Waals surface area contributed by atoms with Gasteiger partial charge >= 0.3 is 5.91 Å². The van der Waals surface area contributed by atoms with Crippen LogP contribution in [0.4, 0.5) is 0 Å². The predicted molar refractivity (Wildman–Crippen MR) is 102 cm³/mol. The molecule has 0 atom stereocenters. The van der Waals surface area contributed by atoms with Crippen molar-refractivity contribution in [3.63, 3.8) is 0 Å². The lowest BCUT2D eigenvalue weighted by Crippen LogP contribution is -2.37. The molecule has 8 nitrogen and oxygen atoms in total. The van der Waals surface area contributed by atoms with E-state index >= 15 is 0 Å². The maximum Gasteiger partial charge on any atom is 0.300 e. The third kappa shape index (κ3) is 4.23. The molecule has 2 aromatic rings. The first-order valence-electron chi connectivity index (χ1n) is 9.35. The number of nitrogens with one attached hydrogen (secondary N) is 1. The Kier molecular flexibility index (Phi) is 5.12. The first-order valence-corrected chi connectivity index (χ1v) is 9.35. The predicted octanol–water partition coefficient (Wildman–Crippen LogP) is 1.17. The van der Waals surface area contributed by atoms with Crippen molar-refractivity contribution in [1.82, 2.24) is 24.8 Å². The molecule has 144 valence electrons. The highest BCUT2D eigenvalue weighted by Crippen LogP contribution is 2.22.